The molecule has 1 unspecified atom stereocenters. The van der Waals surface area contributed by atoms with E-state index in [1.807, 2.05) is 91.5 Å². The molecule has 0 saturated carbocycles. The van der Waals surface area contributed by atoms with Gasteiger partial charge in [-0.2, -0.15) is 0 Å². The maximum absolute atomic E-state index is 12.7. The topological polar surface area (TPSA) is 58.6 Å². The third-order valence-corrected chi connectivity index (χ3v) is 6.33. The van der Waals surface area contributed by atoms with Crippen LogP contribution in [-0.2, 0) is 4.79 Å². The van der Waals surface area contributed by atoms with Gasteiger partial charge in [0, 0.05) is 16.9 Å². The highest BCUT2D eigenvalue weighted by Gasteiger charge is 2.34. The highest BCUT2D eigenvalue weighted by atomic mass is 32.2. The van der Waals surface area contributed by atoms with Crippen LogP contribution >= 0.6 is 11.8 Å². The van der Waals surface area contributed by atoms with Crippen LogP contribution in [0.5, 0.6) is 5.75 Å². The van der Waals surface area contributed by atoms with E-state index in [0.29, 0.717) is 23.6 Å². The summed E-state index contributed by atoms with van der Waals surface area (Å²) in [6.07, 6.45) is 0. The first-order chi connectivity index (χ1) is 15.1. The van der Waals surface area contributed by atoms with Gasteiger partial charge in [0.25, 0.3) is 5.91 Å². The Labute approximate surface area is 186 Å². The van der Waals surface area contributed by atoms with Crippen LogP contribution in [0.15, 0.2) is 72.8 Å². The van der Waals surface area contributed by atoms with E-state index in [1.54, 1.807) is 11.8 Å². The minimum atomic E-state index is -0.152. The quantitative estimate of drug-likeness (QED) is 0.565. The molecule has 1 N–H and O–H groups in total. The van der Waals surface area contributed by atoms with Crippen LogP contribution in [0.25, 0.3) is 0 Å². The predicted molar refractivity (Wildman–Crippen MR) is 126 cm³/mol. The van der Waals surface area contributed by atoms with Crippen LogP contribution in [0.1, 0.15) is 33.8 Å². The molecule has 4 rings (SSSR count). The van der Waals surface area contributed by atoms with Gasteiger partial charge in [0.2, 0.25) is 5.91 Å². The summed E-state index contributed by atoms with van der Waals surface area (Å²) in [5.41, 5.74) is 4.08. The molecule has 1 aliphatic rings. The van der Waals surface area contributed by atoms with Crippen molar-refractivity contribution >= 4 is 35.0 Å². The molecular weight excluding hydrogens is 408 g/mol. The van der Waals surface area contributed by atoms with E-state index in [0.717, 1.165) is 22.6 Å². The molecule has 3 aromatic carbocycles. The molecule has 0 aliphatic carbocycles. The standard InChI is InChI=1S/C25H24N2O3S/c1-3-30-21-13-11-20(12-14-21)27-23(28)16-31-25(27)18-8-6-9-19(15-18)26-24(29)22-10-5-4-7-17(22)2/h4-15,25H,3,16H2,1-2H3,(H,26,29). The number of thioether (sulfide) groups is 1. The number of benzene rings is 3. The summed E-state index contributed by atoms with van der Waals surface area (Å²) in [5.74, 6) is 1.11. The number of anilines is 2. The van der Waals surface area contributed by atoms with E-state index in [-0.39, 0.29) is 17.2 Å². The lowest BCUT2D eigenvalue weighted by atomic mass is 10.1. The summed E-state index contributed by atoms with van der Waals surface area (Å²) in [6.45, 7) is 4.46. The molecule has 0 bridgehead atoms. The van der Waals surface area contributed by atoms with Gasteiger partial charge in [-0.3, -0.25) is 14.5 Å². The number of rotatable bonds is 6. The summed E-state index contributed by atoms with van der Waals surface area (Å²) in [4.78, 5) is 27.2. The van der Waals surface area contributed by atoms with Gasteiger partial charge in [-0.15, -0.1) is 11.8 Å². The predicted octanol–water partition coefficient (Wildman–Crippen LogP) is 5.42. The van der Waals surface area contributed by atoms with Crippen molar-refractivity contribution in [3.63, 3.8) is 0 Å². The molecule has 3 aromatic rings. The Morgan fingerprint density at radius 1 is 1.10 bits per heavy atom. The molecule has 5 nitrogen and oxygen atoms in total. The number of carbonyl (C=O) groups is 2. The van der Waals surface area contributed by atoms with Crippen molar-refractivity contribution in [2.45, 2.75) is 19.2 Å². The van der Waals surface area contributed by atoms with Gasteiger partial charge in [0.15, 0.2) is 0 Å². The van der Waals surface area contributed by atoms with Gasteiger partial charge in [-0.1, -0.05) is 30.3 Å². The highest BCUT2D eigenvalue weighted by Crippen LogP contribution is 2.42. The lowest BCUT2D eigenvalue weighted by molar-refractivity contribution is -0.115. The minimum Gasteiger partial charge on any atom is -0.494 e. The van der Waals surface area contributed by atoms with E-state index < -0.39 is 0 Å². The third-order valence-electron chi connectivity index (χ3n) is 5.11. The first-order valence-electron chi connectivity index (χ1n) is 10.2. The average molecular weight is 433 g/mol. The third kappa shape index (κ3) is 4.59. The smallest absolute Gasteiger partial charge is 0.255 e. The monoisotopic (exact) mass is 432 g/mol. The molecule has 0 aromatic heterocycles. The molecule has 0 spiro atoms. The molecular formula is C25H24N2O3S. The van der Waals surface area contributed by atoms with Gasteiger partial charge >= 0.3 is 0 Å². The van der Waals surface area contributed by atoms with Gasteiger partial charge in [-0.25, -0.2) is 0 Å². The van der Waals surface area contributed by atoms with E-state index >= 15 is 0 Å². The molecule has 1 atom stereocenters. The molecule has 158 valence electrons. The number of hydrogen-bond acceptors (Lipinski definition) is 4. The van der Waals surface area contributed by atoms with E-state index in [9.17, 15) is 9.59 Å². The number of ether oxygens (including phenoxy) is 1. The molecule has 6 heteroatoms. The maximum Gasteiger partial charge on any atom is 0.255 e. The van der Waals surface area contributed by atoms with Crippen LogP contribution in [0.2, 0.25) is 0 Å². The second-order valence-corrected chi connectivity index (χ2v) is 8.32. The first kappa shape index (κ1) is 21.0. The highest BCUT2D eigenvalue weighted by molar-refractivity contribution is 8.00. The largest absolute Gasteiger partial charge is 0.494 e. The van der Waals surface area contributed by atoms with Gasteiger partial charge in [-0.05, 0) is 67.4 Å². The summed E-state index contributed by atoms with van der Waals surface area (Å²) in [6, 6.07) is 22.8. The van der Waals surface area contributed by atoms with Crippen LogP contribution in [-0.4, -0.2) is 24.2 Å². The second-order valence-electron chi connectivity index (χ2n) is 7.25. The minimum absolute atomic E-state index is 0.0634. The van der Waals surface area contributed by atoms with Crippen molar-refractivity contribution in [3.8, 4) is 5.75 Å². The Morgan fingerprint density at radius 3 is 2.61 bits per heavy atom. The lowest BCUT2D eigenvalue weighted by Crippen LogP contribution is -2.27. The van der Waals surface area contributed by atoms with Crippen molar-refractivity contribution in [1.82, 2.24) is 0 Å². The van der Waals surface area contributed by atoms with Crippen molar-refractivity contribution in [2.24, 2.45) is 0 Å². The fraction of sp³-hybridized carbons (Fsp3) is 0.200. The second kappa shape index (κ2) is 9.27. The Bertz CT molecular complexity index is 1100. The van der Waals surface area contributed by atoms with Crippen molar-refractivity contribution in [2.75, 3.05) is 22.6 Å². The summed E-state index contributed by atoms with van der Waals surface area (Å²) in [5, 5.41) is 2.83. The molecule has 0 radical (unpaired) electrons. The van der Waals surface area contributed by atoms with Gasteiger partial charge in [0.1, 0.15) is 11.1 Å². The SMILES string of the molecule is CCOc1ccc(N2C(=O)CSC2c2cccc(NC(=O)c3ccccc3C)c2)cc1. The number of carbonyl (C=O) groups excluding carboxylic acids is 2. The van der Waals surface area contributed by atoms with Crippen molar-refractivity contribution in [3.05, 3.63) is 89.5 Å². The molecule has 1 fully saturated rings. The van der Waals surface area contributed by atoms with Crippen LogP contribution in [0.3, 0.4) is 0 Å². The zero-order valence-corrected chi connectivity index (χ0v) is 18.3. The van der Waals surface area contributed by atoms with Gasteiger partial charge in [0.05, 0.1) is 12.4 Å². The maximum atomic E-state index is 12.7. The summed E-state index contributed by atoms with van der Waals surface area (Å²) in [7, 11) is 0. The normalized spacial score (nSPS) is 15.7. The van der Waals surface area contributed by atoms with Crippen molar-refractivity contribution in [1.29, 1.82) is 0 Å². The average Bonchev–Trinajstić information content (AvgIpc) is 3.16. The lowest BCUT2D eigenvalue weighted by Gasteiger charge is -2.25. The molecule has 1 saturated heterocycles. The zero-order chi connectivity index (χ0) is 21.8. The first-order valence-corrected chi connectivity index (χ1v) is 11.2. The Morgan fingerprint density at radius 2 is 1.87 bits per heavy atom. The van der Waals surface area contributed by atoms with E-state index in [1.165, 1.54) is 0 Å². The number of nitrogens with zero attached hydrogens (tertiary/aromatic N) is 1. The molecule has 31 heavy (non-hydrogen) atoms. The fourth-order valence-electron chi connectivity index (χ4n) is 3.62. The Hall–Kier alpha value is -3.25. The number of amides is 2. The summed E-state index contributed by atoms with van der Waals surface area (Å²) < 4.78 is 5.51. The van der Waals surface area contributed by atoms with Crippen molar-refractivity contribution < 1.29 is 14.3 Å². The number of aryl methyl sites for hydroxylation is 1. The fourth-order valence-corrected chi connectivity index (χ4v) is 4.78. The number of hydrogen-bond donors (Lipinski definition) is 1. The van der Waals surface area contributed by atoms with Gasteiger partial charge < -0.3 is 10.1 Å². The zero-order valence-electron chi connectivity index (χ0n) is 17.5. The van der Waals surface area contributed by atoms with Crippen LogP contribution in [0, 0.1) is 6.92 Å². The Kier molecular flexibility index (Phi) is 6.28. The molecule has 1 heterocycles. The van der Waals surface area contributed by atoms with Crippen LogP contribution in [0.4, 0.5) is 11.4 Å². The van der Waals surface area contributed by atoms with Crippen LogP contribution < -0.4 is 15.0 Å². The Balaban J connectivity index is 1.56. The molecule has 1 aliphatic heterocycles. The van der Waals surface area contributed by atoms with E-state index in [2.05, 4.69) is 5.32 Å². The van der Waals surface area contributed by atoms with E-state index in [4.69, 9.17) is 4.74 Å². The summed E-state index contributed by atoms with van der Waals surface area (Å²) >= 11 is 1.58. The molecule has 2 amide bonds. The number of nitrogens with one attached hydrogen (secondary N) is 1.